The van der Waals surface area contributed by atoms with Gasteiger partial charge in [0.25, 0.3) is 5.91 Å². The number of rotatable bonds is 4. The molecule has 0 aliphatic carbocycles. The predicted octanol–water partition coefficient (Wildman–Crippen LogP) is 3.03. The molecule has 0 atom stereocenters. The monoisotopic (exact) mass is 355 g/mol. The van der Waals surface area contributed by atoms with E-state index < -0.39 is 0 Å². The number of para-hydroxylation sites is 1. The Bertz CT molecular complexity index is 839. The van der Waals surface area contributed by atoms with Crippen LogP contribution in [0, 0.1) is 5.82 Å². The molecule has 136 valence electrons. The van der Waals surface area contributed by atoms with Crippen molar-refractivity contribution in [3.8, 4) is 0 Å². The molecular formula is C20H22FN3O2. The summed E-state index contributed by atoms with van der Waals surface area (Å²) in [7, 11) is 0. The van der Waals surface area contributed by atoms with E-state index in [1.54, 1.807) is 23.2 Å². The van der Waals surface area contributed by atoms with Crippen LogP contribution in [-0.2, 0) is 6.42 Å². The molecule has 1 aromatic heterocycles. The molecule has 0 saturated carbocycles. The molecule has 2 aliphatic heterocycles. The quantitative estimate of drug-likeness (QED) is 0.858. The number of benzene rings is 1. The number of aromatic amines is 1. The lowest BCUT2D eigenvalue weighted by Crippen LogP contribution is -2.35. The summed E-state index contributed by atoms with van der Waals surface area (Å²) in [5, 5.41) is 0. The van der Waals surface area contributed by atoms with E-state index in [4.69, 9.17) is 0 Å². The smallest absolute Gasteiger partial charge is 0.270 e. The minimum Gasteiger partial charge on any atom is -0.361 e. The highest BCUT2D eigenvalue weighted by Gasteiger charge is 2.25. The van der Waals surface area contributed by atoms with Gasteiger partial charge in [0, 0.05) is 31.4 Å². The van der Waals surface area contributed by atoms with E-state index >= 15 is 0 Å². The Hall–Kier alpha value is -2.63. The van der Waals surface area contributed by atoms with Gasteiger partial charge in [0.1, 0.15) is 11.5 Å². The second-order valence-corrected chi connectivity index (χ2v) is 7.00. The third-order valence-corrected chi connectivity index (χ3v) is 5.22. The average molecular weight is 355 g/mol. The van der Waals surface area contributed by atoms with Crippen LogP contribution in [0.5, 0.6) is 0 Å². The van der Waals surface area contributed by atoms with Crippen molar-refractivity contribution in [3.63, 3.8) is 0 Å². The van der Waals surface area contributed by atoms with Crippen LogP contribution in [0.3, 0.4) is 0 Å². The van der Waals surface area contributed by atoms with E-state index in [1.807, 2.05) is 11.0 Å². The topological polar surface area (TPSA) is 56.4 Å². The van der Waals surface area contributed by atoms with Gasteiger partial charge in [0.2, 0.25) is 0 Å². The van der Waals surface area contributed by atoms with Gasteiger partial charge in [-0.2, -0.15) is 0 Å². The number of nitrogens with one attached hydrogen (secondary N) is 1. The molecule has 3 heterocycles. The maximum absolute atomic E-state index is 14.2. The number of amides is 1. The number of fused-ring (bicyclic) bond motifs is 1. The summed E-state index contributed by atoms with van der Waals surface area (Å²) in [6.45, 7) is 2.31. The fraction of sp³-hybridized carbons (Fsp3) is 0.400. The molecule has 0 bridgehead atoms. The van der Waals surface area contributed by atoms with Crippen molar-refractivity contribution in [2.75, 3.05) is 31.1 Å². The van der Waals surface area contributed by atoms with Crippen LogP contribution in [0.2, 0.25) is 0 Å². The summed E-state index contributed by atoms with van der Waals surface area (Å²) in [6, 6.07) is 6.68. The Kier molecular flexibility index (Phi) is 4.49. The van der Waals surface area contributed by atoms with Gasteiger partial charge >= 0.3 is 0 Å². The summed E-state index contributed by atoms with van der Waals surface area (Å²) >= 11 is 0. The SMILES string of the molecule is O=C(CN1CCCc2cccc(F)c21)c1c[nH]c(C(=O)N2CCCC2)c1. The van der Waals surface area contributed by atoms with Crippen molar-refractivity contribution in [3.05, 3.63) is 53.1 Å². The molecule has 1 amide bonds. The molecule has 2 aliphatic rings. The van der Waals surface area contributed by atoms with Crippen molar-refractivity contribution in [2.24, 2.45) is 0 Å². The fourth-order valence-corrected chi connectivity index (χ4v) is 3.88. The molecule has 1 N–H and O–H groups in total. The number of ketones is 1. The molecule has 0 spiro atoms. The van der Waals surface area contributed by atoms with Crippen LogP contribution in [0.15, 0.2) is 30.5 Å². The van der Waals surface area contributed by atoms with Crippen molar-refractivity contribution in [1.82, 2.24) is 9.88 Å². The molecule has 6 heteroatoms. The molecular weight excluding hydrogens is 333 g/mol. The van der Waals surface area contributed by atoms with E-state index in [0.717, 1.165) is 44.3 Å². The number of halogens is 1. The normalized spacial score (nSPS) is 16.7. The lowest BCUT2D eigenvalue weighted by molar-refractivity contribution is 0.0787. The molecule has 0 unspecified atom stereocenters. The highest BCUT2D eigenvalue weighted by molar-refractivity contribution is 6.02. The molecule has 1 saturated heterocycles. The number of aryl methyl sites for hydroxylation is 1. The summed E-state index contributed by atoms with van der Waals surface area (Å²) in [4.78, 5) is 31.6. The highest BCUT2D eigenvalue weighted by atomic mass is 19.1. The van der Waals surface area contributed by atoms with Crippen molar-refractivity contribution in [1.29, 1.82) is 0 Å². The number of aromatic nitrogens is 1. The zero-order valence-electron chi connectivity index (χ0n) is 14.6. The van der Waals surface area contributed by atoms with Gasteiger partial charge in [0.05, 0.1) is 12.2 Å². The van der Waals surface area contributed by atoms with E-state index in [9.17, 15) is 14.0 Å². The van der Waals surface area contributed by atoms with Gasteiger partial charge in [-0.25, -0.2) is 4.39 Å². The Morgan fingerprint density at radius 3 is 2.73 bits per heavy atom. The highest BCUT2D eigenvalue weighted by Crippen LogP contribution is 2.30. The minimum atomic E-state index is -0.283. The molecule has 1 fully saturated rings. The number of likely N-dealkylation sites (tertiary alicyclic amines) is 1. The number of H-pyrrole nitrogens is 1. The van der Waals surface area contributed by atoms with Crippen molar-refractivity contribution in [2.45, 2.75) is 25.7 Å². The van der Waals surface area contributed by atoms with Crippen LogP contribution in [-0.4, -0.2) is 47.8 Å². The first kappa shape index (κ1) is 16.8. The first-order chi connectivity index (χ1) is 12.6. The number of hydrogen-bond donors (Lipinski definition) is 1. The van der Waals surface area contributed by atoms with E-state index in [1.165, 1.54) is 6.07 Å². The largest absolute Gasteiger partial charge is 0.361 e. The molecule has 5 nitrogen and oxygen atoms in total. The Balaban J connectivity index is 1.49. The lowest BCUT2D eigenvalue weighted by atomic mass is 10.0. The number of nitrogens with zero attached hydrogens (tertiary/aromatic N) is 2. The number of anilines is 1. The first-order valence-corrected chi connectivity index (χ1v) is 9.17. The van der Waals surface area contributed by atoms with Gasteiger partial charge in [-0.05, 0) is 43.4 Å². The minimum absolute atomic E-state index is 0.0593. The molecule has 1 aromatic carbocycles. The van der Waals surface area contributed by atoms with Crippen molar-refractivity contribution >= 4 is 17.4 Å². The van der Waals surface area contributed by atoms with E-state index in [2.05, 4.69) is 4.98 Å². The second-order valence-electron chi connectivity index (χ2n) is 7.00. The number of Topliss-reactive ketones (excluding diaryl/α,β-unsaturated/α-hetero) is 1. The third-order valence-electron chi connectivity index (χ3n) is 5.22. The molecule has 2 aromatic rings. The van der Waals surface area contributed by atoms with Crippen molar-refractivity contribution < 1.29 is 14.0 Å². The van der Waals surface area contributed by atoms with Crippen LogP contribution in [0.25, 0.3) is 0 Å². The maximum atomic E-state index is 14.2. The van der Waals surface area contributed by atoms with E-state index in [0.29, 0.717) is 23.5 Å². The van der Waals surface area contributed by atoms with Crippen LogP contribution >= 0.6 is 0 Å². The molecule has 4 rings (SSSR count). The van der Waals surface area contributed by atoms with Gasteiger partial charge in [-0.15, -0.1) is 0 Å². The Labute approximate surface area is 151 Å². The standard InChI is InChI=1S/C20H22FN3O2/c21-16-7-3-5-14-6-4-10-24(19(14)16)13-18(25)15-11-17(22-12-15)20(26)23-8-1-2-9-23/h3,5,7,11-12,22H,1-2,4,6,8-10,13H2. The molecule has 26 heavy (non-hydrogen) atoms. The second kappa shape index (κ2) is 6.94. The van der Waals surface area contributed by atoms with Gasteiger partial charge in [0.15, 0.2) is 5.78 Å². The summed E-state index contributed by atoms with van der Waals surface area (Å²) < 4.78 is 14.2. The van der Waals surface area contributed by atoms with Crippen LogP contribution < -0.4 is 4.90 Å². The Morgan fingerprint density at radius 2 is 1.92 bits per heavy atom. The zero-order chi connectivity index (χ0) is 18.1. The van der Waals surface area contributed by atoms with E-state index in [-0.39, 0.29) is 24.1 Å². The third kappa shape index (κ3) is 3.11. The number of hydrogen-bond acceptors (Lipinski definition) is 3. The van der Waals surface area contributed by atoms with Gasteiger partial charge in [-0.3, -0.25) is 9.59 Å². The molecule has 0 radical (unpaired) electrons. The average Bonchev–Trinajstić information content (AvgIpc) is 3.33. The van der Waals surface area contributed by atoms with Gasteiger partial charge < -0.3 is 14.8 Å². The predicted molar refractivity (Wildman–Crippen MR) is 97.2 cm³/mol. The summed E-state index contributed by atoms with van der Waals surface area (Å²) in [5.41, 5.74) is 2.40. The van der Waals surface area contributed by atoms with Crippen LogP contribution in [0.1, 0.15) is 45.7 Å². The number of carbonyl (C=O) groups excluding carboxylic acids is 2. The van der Waals surface area contributed by atoms with Gasteiger partial charge in [-0.1, -0.05) is 12.1 Å². The van der Waals surface area contributed by atoms with Crippen LogP contribution in [0.4, 0.5) is 10.1 Å². The zero-order valence-corrected chi connectivity index (χ0v) is 14.6. The number of carbonyl (C=O) groups is 2. The fourth-order valence-electron chi connectivity index (χ4n) is 3.88. The maximum Gasteiger partial charge on any atom is 0.270 e. The summed E-state index contributed by atoms with van der Waals surface area (Å²) in [6.07, 6.45) is 5.36. The summed E-state index contributed by atoms with van der Waals surface area (Å²) in [5.74, 6) is -0.456. The Morgan fingerprint density at radius 1 is 1.12 bits per heavy atom. The lowest BCUT2D eigenvalue weighted by Gasteiger charge is -2.30. The first-order valence-electron chi connectivity index (χ1n) is 9.17.